The number of ether oxygens (including phenoxy) is 1. The van der Waals surface area contributed by atoms with E-state index in [1.165, 1.54) is 25.9 Å². The molecule has 0 radical (unpaired) electrons. The number of hydrogen-bond acceptors (Lipinski definition) is 3. The summed E-state index contributed by atoms with van der Waals surface area (Å²) >= 11 is 0. The fraction of sp³-hybridized carbons (Fsp3) is 1.00. The Balaban J connectivity index is 2.15. The average molecular weight is 200 g/mol. The minimum atomic E-state index is 0.278. The number of nitrogens with zero attached hydrogens (tertiary/aromatic N) is 1. The molecule has 14 heavy (non-hydrogen) atoms. The van der Waals surface area contributed by atoms with E-state index in [0.717, 1.165) is 25.5 Å². The minimum Gasteiger partial charge on any atom is -0.385 e. The molecule has 0 saturated carbocycles. The molecule has 2 atom stereocenters. The molecule has 84 valence electrons. The first-order valence-electron chi connectivity index (χ1n) is 5.69. The first kappa shape index (κ1) is 12.0. The van der Waals surface area contributed by atoms with Gasteiger partial charge in [-0.2, -0.15) is 0 Å². The molecule has 0 aromatic heterocycles. The van der Waals surface area contributed by atoms with Crippen LogP contribution in [0.4, 0.5) is 0 Å². The molecular formula is C11H24N2O. The van der Waals surface area contributed by atoms with Crippen LogP contribution >= 0.6 is 0 Å². The van der Waals surface area contributed by atoms with Gasteiger partial charge in [0.15, 0.2) is 0 Å². The number of likely N-dealkylation sites (tertiary alicyclic amines) is 1. The molecule has 1 rings (SSSR count). The summed E-state index contributed by atoms with van der Waals surface area (Å²) in [5.74, 6) is 0.846. The summed E-state index contributed by atoms with van der Waals surface area (Å²) in [6.07, 6.45) is 3.68. The second-order valence-electron chi connectivity index (χ2n) is 4.55. The van der Waals surface area contributed by atoms with Gasteiger partial charge in [-0.3, -0.25) is 0 Å². The van der Waals surface area contributed by atoms with Gasteiger partial charge in [0.05, 0.1) is 0 Å². The quantitative estimate of drug-likeness (QED) is 0.722. The van der Waals surface area contributed by atoms with Crippen LogP contribution in [0.1, 0.15) is 26.2 Å². The number of hydrogen-bond donors (Lipinski definition) is 1. The fourth-order valence-corrected chi connectivity index (χ4v) is 2.14. The Morgan fingerprint density at radius 2 is 2.36 bits per heavy atom. The molecule has 0 bridgehead atoms. The van der Waals surface area contributed by atoms with E-state index in [-0.39, 0.29) is 6.04 Å². The van der Waals surface area contributed by atoms with Gasteiger partial charge in [0, 0.05) is 32.8 Å². The Kier molecular flexibility index (Phi) is 5.45. The van der Waals surface area contributed by atoms with Crippen molar-refractivity contribution in [2.24, 2.45) is 11.7 Å². The molecule has 3 heteroatoms. The molecule has 0 amide bonds. The summed E-state index contributed by atoms with van der Waals surface area (Å²) in [7, 11) is 1.73. The lowest BCUT2D eigenvalue weighted by Crippen LogP contribution is -2.42. The molecule has 1 saturated heterocycles. The van der Waals surface area contributed by atoms with Crippen LogP contribution in [0.3, 0.4) is 0 Å². The van der Waals surface area contributed by atoms with Crippen molar-refractivity contribution in [1.82, 2.24) is 4.90 Å². The Morgan fingerprint density at radius 1 is 1.57 bits per heavy atom. The first-order chi connectivity index (χ1) is 6.72. The van der Waals surface area contributed by atoms with Gasteiger partial charge in [-0.15, -0.1) is 0 Å². The second-order valence-corrected chi connectivity index (χ2v) is 4.55. The maximum atomic E-state index is 6.01. The lowest BCUT2D eigenvalue weighted by atomic mass is 10.00. The molecule has 0 spiro atoms. The maximum Gasteiger partial charge on any atom is 0.0477 e. The SMILES string of the molecule is COCCC(N)CN1CCCC(C)C1. The number of nitrogens with two attached hydrogens (primary N) is 1. The Bertz CT molecular complexity index is 152. The third-order valence-corrected chi connectivity index (χ3v) is 2.93. The zero-order valence-electron chi connectivity index (χ0n) is 9.54. The predicted molar refractivity (Wildman–Crippen MR) is 59.3 cm³/mol. The van der Waals surface area contributed by atoms with E-state index in [9.17, 15) is 0 Å². The standard InChI is InChI=1S/C11H24N2O/c1-10-4-3-6-13(8-10)9-11(12)5-7-14-2/h10-11H,3-9,12H2,1-2H3. The van der Waals surface area contributed by atoms with Crippen LogP contribution in [-0.4, -0.2) is 44.3 Å². The topological polar surface area (TPSA) is 38.5 Å². The molecular weight excluding hydrogens is 176 g/mol. The van der Waals surface area contributed by atoms with Crippen molar-refractivity contribution in [2.45, 2.75) is 32.2 Å². The molecule has 2 unspecified atom stereocenters. The molecule has 2 N–H and O–H groups in total. The van der Waals surface area contributed by atoms with E-state index in [0.29, 0.717) is 0 Å². The largest absolute Gasteiger partial charge is 0.385 e. The van der Waals surface area contributed by atoms with Crippen LogP contribution in [0.15, 0.2) is 0 Å². The van der Waals surface area contributed by atoms with Crippen LogP contribution in [0, 0.1) is 5.92 Å². The van der Waals surface area contributed by atoms with Gasteiger partial charge in [0.1, 0.15) is 0 Å². The molecule has 1 fully saturated rings. The van der Waals surface area contributed by atoms with Crippen molar-refractivity contribution in [3.63, 3.8) is 0 Å². The van der Waals surface area contributed by atoms with Crippen molar-refractivity contribution in [2.75, 3.05) is 33.4 Å². The number of methoxy groups -OCH3 is 1. The van der Waals surface area contributed by atoms with Crippen LogP contribution in [-0.2, 0) is 4.74 Å². The third-order valence-electron chi connectivity index (χ3n) is 2.93. The van der Waals surface area contributed by atoms with Crippen LogP contribution in [0.25, 0.3) is 0 Å². The third kappa shape index (κ3) is 4.40. The van der Waals surface area contributed by atoms with Crippen molar-refractivity contribution < 1.29 is 4.74 Å². The van der Waals surface area contributed by atoms with E-state index < -0.39 is 0 Å². The highest BCUT2D eigenvalue weighted by Crippen LogP contribution is 2.15. The lowest BCUT2D eigenvalue weighted by molar-refractivity contribution is 0.151. The molecule has 1 heterocycles. The second kappa shape index (κ2) is 6.38. The van der Waals surface area contributed by atoms with E-state index >= 15 is 0 Å². The predicted octanol–water partition coefficient (Wildman–Crippen LogP) is 1.08. The normalized spacial score (nSPS) is 26.4. The van der Waals surface area contributed by atoms with Gasteiger partial charge < -0.3 is 15.4 Å². The highest BCUT2D eigenvalue weighted by Gasteiger charge is 2.17. The van der Waals surface area contributed by atoms with Crippen molar-refractivity contribution in [3.8, 4) is 0 Å². The molecule has 3 nitrogen and oxygen atoms in total. The zero-order valence-corrected chi connectivity index (χ0v) is 9.54. The lowest BCUT2D eigenvalue weighted by Gasteiger charge is -2.32. The van der Waals surface area contributed by atoms with Crippen molar-refractivity contribution in [3.05, 3.63) is 0 Å². The van der Waals surface area contributed by atoms with Crippen LogP contribution < -0.4 is 5.73 Å². The zero-order chi connectivity index (χ0) is 10.4. The molecule has 1 aliphatic rings. The van der Waals surface area contributed by atoms with Gasteiger partial charge in [0.2, 0.25) is 0 Å². The summed E-state index contributed by atoms with van der Waals surface area (Å²) in [6, 6.07) is 0.278. The van der Waals surface area contributed by atoms with E-state index in [4.69, 9.17) is 10.5 Å². The smallest absolute Gasteiger partial charge is 0.0477 e. The summed E-state index contributed by atoms with van der Waals surface area (Å²) < 4.78 is 5.02. The summed E-state index contributed by atoms with van der Waals surface area (Å²) in [6.45, 7) is 6.59. The molecule has 0 aliphatic carbocycles. The Labute approximate surface area is 87.6 Å². The fourth-order valence-electron chi connectivity index (χ4n) is 2.14. The Morgan fingerprint density at radius 3 is 3.00 bits per heavy atom. The van der Waals surface area contributed by atoms with Crippen LogP contribution in [0.5, 0.6) is 0 Å². The molecule has 0 aromatic carbocycles. The summed E-state index contributed by atoms with van der Waals surface area (Å²) in [5, 5.41) is 0. The maximum absolute atomic E-state index is 6.01. The molecule has 1 aliphatic heterocycles. The minimum absolute atomic E-state index is 0.278. The number of rotatable bonds is 5. The highest BCUT2D eigenvalue weighted by molar-refractivity contribution is 4.74. The first-order valence-corrected chi connectivity index (χ1v) is 5.69. The monoisotopic (exact) mass is 200 g/mol. The molecule has 0 aromatic rings. The summed E-state index contributed by atoms with van der Waals surface area (Å²) in [4.78, 5) is 2.49. The highest BCUT2D eigenvalue weighted by atomic mass is 16.5. The van der Waals surface area contributed by atoms with Gasteiger partial charge in [0.25, 0.3) is 0 Å². The summed E-state index contributed by atoms with van der Waals surface area (Å²) in [5.41, 5.74) is 6.01. The van der Waals surface area contributed by atoms with E-state index in [2.05, 4.69) is 11.8 Å². The van der Waals surface area contributed by atoms with E-state index in [1.54, 1.807) is 7.11 Å². The average Bonchev–Trinajstić information content (AvgIpc) is 2.15. The van der Waals surface area contributed by atoms with Gasteiger partial charge in [-0.1, -0.05) is 6.92 Å². The van der Waals surface area contributed by atoms with Gasteiger partial charge in [-0.05, 0) is 31.7 Å². The number of piperidine rings is 1. The van der Waals surface area contributed by atoms with E-state index in [1.807, 2.05) is 0 Å². The Hall–Kier alpha value is -0.120. The van der Waals surface area contributed by atoms with Gasteiger partial charge in [-0.25, -0.2) is 0 Å². The van der Waals surface area contributed by atoms with Crippen molar-refractivity contribution >= 4 is 0 Å². The van der Waals surface area contributed by atoms with Crippen molar-refractivity contribution in [1.29, 1.82) is 0 Å². The van der Waals surface area contributed by atoms with Crippen LogP contribution in [0.2, 0.25) is 0 Å². The van der Waals surface area contributed by atoms with Gasteiger partial charge >= 0.3 is 0 Å².